The molecule has 0 saturated carbocycles. The fourth-order valence-electron chi connectivity index (χ4n) is 10.0. The normalized spacial score (nSPS) is 12.3. The van der Waals surface area contributed by atoms with E-state index in [0.717, 1.165) is 17.1 Å². The zero-order chi connectivity index (χ0) is 42.2. The quantitative estimate of drug-likeness (QED) is 0.140. The standard InChI is InChI=1S/C62H45N/c1-44-54(49-24-11-4-12-25-49)31-19-32-55(44)58-42-57-56-30-17-18-33-59(56)62(50-26-13-5-14-27-50,51-28-15-6-16-29-51)60(57)43-61(58)63(52-38-34-47(35-39-52)45-20-7-2-8-21-45)53-40-36-48(37-41-53)46-22-9-3-10-23-46/h2-43H,1H3. The molecule has 1 nitrogen and oxygen atoms in total. The second kappa shape index (κ2) is 16.1. The van der Waals surface area contributed by atoms with Crippen molar-refractivity contribution >= 4 is 17.1 Å². The summed E-state index contributed by atoms with van der Waals surface area (Å²) in [6, 6.07) is 93.4. The highest BCUT2D eigenvalue weighted by Gasteiger charge is 2.47. The van der Waals surface area contributed by atoms with Crippen molar-refractivity contribution in [3.05, 3.63) is 283 Å². The molecular formula is C62H45N. The highest BCUT2D eigenvalue weighted by molar-refractivity contribution is 5.98. The van der Waals surface area contributed by atoms with Gasteiger partial charge in [0.15, 0.2) is 0 Å². The van der Waals surface area contributed by atoms with Crippen LogP contribution >= 0.6 is 0 Å². The number of fused-ring (bicyclic) bond motifs is 3. The van der Waals surface area contributed by atoms with Crippen molar-refractivity contribution < 1.29 is 0 Å². The summed E-state index contributed by atoms with van der Waals surface area (Å²) in [5.74, 6) is 0. The summed E-state index contributed by atoms with van der Waals surface area (Å²) >= 11 is 0. The average molecular weight is 804 g/mol. The maximum Gasteiger partial charge on any atom is 0.0714 e. The Morgan fingerprint density at radius 2 is 0.698 bits per heavy atom. The van der Waals surface area contributed by atoms with Gasteiger partial charge < -0.3 is 4.90 Å². The average Bonchev–Trinajstić information content (AvgIpc) is 3.65. The molecule has 0 bridgehead atoms. The molecule has 0 aliphatic heterocycles. The lowest BCUT2D eigenvalue weighted by Crippen LogP contribution is -2.28. The summed E-state index contributed by atoms with van der Waals surface area (Å²) in [5.41, 5.74) is 21.1. The Balaban J connectivity index is 1.23. The number of anilines is 3. The van der Waals surface area contributed by atoms with Crippen molar-refractivity contribution in [3.8, 4) is 55.6 Å². The smallest absolute Gasteiger partial charge is 0.0714 e. The van der Waals surface area contributed by atoms with E-state index in [1.165, 1.54) is 83.5 Å². The van der Waals surface area contributed by atoms with Gasteiger partial charge in [-0.3, -0.25) is 0 Å². The molecule has 1 aliphatic carbocycles. The SMILES string of the molecule is Cc1c(-c2ccccc2)cccc1-c1cc2c(cc1N(c1ccc(-c3ccccc3)cc1)c1ccc(-c3ccccc3)cc1)C(c1ccccc1)(c1ccccc1)c1ccccc1-2. The predicted molar refractivity (Wildman–Crippen MR) is 265 cm³/mol. The monoisotopic (exact) mass is 803 g/mol. The fourth-order valence-corrected chi connectivity index (χ4v) is 10.0. The Labute approximate surface area is 370 Å². The van der Waals surface area contributed by atoms with E-state index in [2.05, 4.69) is 267 Å². The maximum atomic E-state index is 2.52. The van der Waals surface area contributed by atoms with Crippen LogP contribution in [0.4, 0.5) is 17.1 Å². The highest BCUT2D eigenvalue weighted by atomic mass is 15.1. The van der Waals surface area contributed by atoms with Crippen LogP contribution in [0.1, 0.15) is 27.8 Å². The minimum Gasteiger partial charge on any atom is -0.310 e. The van der Waals surface area contributed by atoms with Crippen LogP contribution in [0.25, 0.3) is 55.6 Å². The first kappa shape index (κ1) is 38.0. The number of rotatable bonds is 9. The largest absolute Gasteiger partial charge is 0.310 e. The number of benzene rings is 10. The Morgan fingerprint density at radius 3 is 1.22 bits per heavy atom. The van der Waals surface area contributed by atoms with Gasteiger partial charge in [-0.1, -0.05) is 218 Å². The van der Waals surface area contributed by atoms with Gasteiger partial charge >= 0.3 is 0 Å². The van der Waals surface area contributed by atoms with Gasteiger partial charge in [0.1, 0.15) is 0 Å². The molecular weight excluding hydrogens is 759 g/mol. The van der Waals surface area contributed by atoms with Gasteiger partial charge in [-0.2, -0.15) is 0 Å². The van der Waals surface area contributed by atoms with Crippen LogP contribution in [0.3, 0.4) is 0 Å². The third-order valence-electron chi connectivity index (χ3n) is 13.0. The molecule has 1 aliphatic rings. The van der Waals surface area contributed by atoms with Gasteiger partial charge in [0, 0.05) is 16.9 Å². The summed E-state index contributed by atoms with van der Waals surface area (Å²) in [6.07, 6.45) is 0. The van der Waals surface area contributed by atoms with E-state index >= 15 is 0 Å². The number of nitrogens with zero attached hydrogens (tertiary/aromatic N) is 1. The van der Waals surface area contributed by atoms with E-state index < -0.39 is 5.41 Å². The minimum atomic E-state index is -0.567. The van der Waals surface area contributed by atoms with E-state index in [9.17, 15) is 0 Å². The van der Waals surface area contributed by atoms with Gasteiger partial charge in [-0.25, -0.2) is 0 Å². The van der Waals surface area contributed by atoms with Crippen LogP contribution in [-0.4, -0.2) is 0 Å². The molecule has 0 spiro atoms. The lowest BCUT2D eigenvalue weighted by molar-refractivity contribution is 0.768. The van der Waals surface area contributed by atoms with Gasteiger partial charge in [-0.15, -0.1) is 0 Å². The van der Waals surface area contributed by atoms with Crippen molar-refractivity contribution in [2.75, 3.05) is 4.90 Å². The third-order valence-corrected chi connectivity index (χ3v) is 13.0. The molecule has 10 aromatic rings. The summed E-state index contributed by atoms with van der Waals surface area (Å²) in [6.45, 7) is 2.29. The molecule has 298 valence electrons. The lowest BCUT2D eigenvalue weighted by Gasteiger charge is -2.35. The van der Waals surface area contributed by atoms with Crippen LogP contribution in [0, 0.1) is 6.92 Å². The lowest BCUT2D eigenvalue weighted by atomic mass is 9.67. The van der Waals surface area contributed by atoms with E-state index in [0.29, 0.717) is 0 Å². The molecule has 11 rings (SSSR count). The topological polar surface area (TPSA) is 3.24 Å². The van der Waals surface area contributed by atoms with E-state index in [4.69, 9.17) is 0 Å². The first-order valence-corrected chi connectivity index (χ1v) is 21.8. The molecule has 0 fully saturated rings. The van der Waals surface area contributed by atoms with Gasteiger partial charge in [0.05, 0.1) is 11.1 Å². The molecule has 0 heterocycles. The van der Waals surface area contributed by atoms with Crippen molar-refractivity contribution in [3.63, 3.8) is 0 Å². The molecule has 0 amide bonds. The van der Waals surface area contributed by atoms with Gasteiger partial charge in [-0.05, 0) is 121 Å². The summed E-state index contributed by atoms with van der Waals surface area (Å²) in [4.78, 5) is 2.48. The second-order valence-electron chi connectivity index (χ2n) is 16.4. The van der Waals surface area contributed by atoms with Gasteiger partial charge in [0.25, 0.3) is 0 Å². The fraction of sp³-hybridized carbons (Fsp3) is 0.0323. The minimum absolute atomic E-state index is 0.567. The van der Waals surface area contributed by atoms with Crippen molar-refractivity contribution in [2.45, 2.75) is 12.3 Å². The zero-order valence-corrected chi connectivity index (χ0v) is 35.2. The zero-order valence-electron chi connectivity index (χ0n) is 35.2. The number of hydrogen-bond acceptors (Lipinski definition) is 1. The summed E-state index contributed by atoms with van der Waals surface area (Å²) in [5, 5.41) is 0. The molecule has 0 saturated heterocycles. The van der Waals surface area contributed by atoms with Crippen LogP contribution < -0.4 is 4.90 Å². The Kier molecular flexibility index (Phi) is 9.71. The van der Waals surface area contributed by atoms with E-state index in [1.54, 1.807) is 0 Å². The third kappa shape index (κ3) is 6.58. The van der Waals surface area contributed by atoms with E-state index in [-0.39, 0.29) is 0 Å². The van der Waals surface area contributed by atoms with Crippen molar-refractivity contribution in [1.29, 1.82) is 0 Å². The molecule has 0 unspecified atom stereocenters. The van der Waals surface area contributed by atoms with Crippen LogP contribution in [-0.2, 0) is 5.41 Å². The second-order valence-corrected chi connectivity index (χ2v) is 16.4. The summed E-state index contributed by atoms with van der Waals surface area (Å²) in [7, 11) is 0. The molecule has 0 aromatic heterocycles. The molecule has 1 heteroatoms. The molecule has 0 atom stereocenters. The van der Waals surface area contributed by atoms with Crippen LogP contribution in [0.15, 0.2) is 255 Å². The first-order valence-electron chi connectivity index (χ1n) is 21.8. The predicted octanol–water partition coefficient (Wildman–Crippen LogP) is 16.5. The summed E-state index contributed by atoms with van der Waals surface area (Å²) < 4.78 is 0. The van der Waals surface area contributed by atoms with Gasteiger partial charge in [0.2, 0.25) is 0 Å². The Bertz CT molecular complexity index is 3050. The van der Waals surface area contributed by atoms with E-state index in [1.807, 2.05) is 0 Å². The first-order chi connectivity index (χ1) is 31.2. The Morgan fingerprint density at radius 1 is 0.286 bits per heavy atom. The van der Waals surface area contributed by atoms with Crippen molar-refractivity contribution in [2.24, 2.45) is 0 Å². The molecule has 0 N–H and O–H groups in total. The molecule has 0 radical (unpaired) electrons. The molecule has 10 aromatic carbocycles. The van der Waals surface area contributed by atoms with Crippen LogP contribution in [0.2, 0.25) is 0 Å². The maximum absolute atomic E-state index is 2.52. The van der Waals surface area contributed by atoms with Crippen LogP contribution in [0.5, 0.6) is 0 Å². The highest BCUT2D eigenvalue weighted by Crippen LogP contribution is 2.59. The van der Waals surface area contributed by atoms with Crippen molar-refractivity contribution in [1.82, 2.24) is 0 Å². The molecule has 63 heavy (non-hydrogen) atoms. The Hall–Kier alpha value is -8.00. The number of hydrogen-bond donors (Lipinski definition) is 0.